The van der Waals surface area contributed by atoms with Crippen LogP contribution in [0.5, 0.6) is 0 Å². The minimum atomic E-state index is 0.181. The van der Waals surface area contributed by atoms with Gasteiger partial charge in [-0.1, -0.05) is 6.07 Å². The lowest BCUT2D eigenvalue weighted by Crippen LogP contribution is -2.56. The summed E-state index contributed by atoms with van der Waals surface area (Å²) in [5, 5.41) is 7.60. The standard InChI is InChI=1S/C22H23N7OS/c30-22(19-2-1-9-31-19)27-7-4-16(5-8-27)28-12-17(13-28)29-11-15(10-26-29)20-18-3-6-23-21(18)25-14-24-20/h1-3,6,9-11,14,16-17H,4-5,7-8,12-13H2,(H,23,24,25). The van der Waals surface area contributed by atoms with E-state index in [1.807, 2.05) is 40.9 Å². The maximum absolute atomic E-state index is 12.5. The molecule has 4 aromatic rings. The second-order valence-corrected chi connectivity index (χ2v) is 9.23. The number of hydrogen-bond acceptors (Lipinski definition) is 6. The zero-order valence-electron chi connectivity index (χ0n) is 17.0. The minimum Gasteiger partial charge on any atom is -0.346 e. The second kappa shape index (κ2) is 7.58. The Hall–Kier alpha value is -3.04. The third kappa shape index (κ3) is 3.34. The molecule has 0 saturated carbocycles. The fourth-order valence-corrected chi connectivity index (χ4v) is 5.40. The molecule has 6 rings (SSSR count). The number of amides is 1. The molecule has 0 aromatic carbocycles. The van der Waals surface area contributed by atoms with Crippen LogP contribution in [-0.2, 0) is 0 Å². The summed E-state index contributed by atoms with van der Waals surface area (Å²) in [6.45, 7) is 3.70. The Morgan fingerprint density at radius 2 is 2.00 bits per heavy atom. The second-order valence-electron chi connectivity index (χ2n) is 8.28. The Morgan fingerprint density at radius 1 is 1.13 bits per heavy atom. The summed E-state index contributed by atoms with van der Waals surface area (Å²) in [6, 6.07) is 6.81. The van der Waals surface area contributed by atoms with Gasteiger partial charge >= 0.3 is 0 Å². The number of rotatable bonds is 4. The molecule has 8 nitrogen and oxygen atoms in total. The lowest BCUT2D eigenvalue weighted by molar-refractivity contribution is 0.0199. The summed E-state index contributed by atoms with van der Waals surface area (Å²) < 4.78 is 2.07. The smallest absolute Gasteiger partial charge is 0.263 e. The Kier molecular flexibility index (Phi) is 4.57. The highest BCUT2D eigenvalue weighted by Crippen LogP contribution is 2.30. The summed E-state index contributed by atoms with van der Waals surface area (Å²) >= 11 is 1.53. The molecular formula is C22H23N7OS. The van der Waals surface area contributed by atoms with Gasteiger partial charge in [0.15, 0.2) is 0 Å². The van der Waals surface area contributed by atoms with E-state index in [0.717, 1.165) is 66.2 Å². The number of carbonyl (C=O) groups excluding carboxylic acids is 1. The molecule has 6 heterocycles. The van der Waals surface area contributed by atoms with Crippen LogP contribution < -0.4 is 0 Å². The van der Waals surface area contributed by atoms with Crippen LogP contribution in [-0.4, -0.2) is 72.7 Å². The number of likely N-dealkylation sites (tertiary alicyclic amines) is 2. The molecule has 0 spiro atoms. The maximum Gasteiger partial charge on any atom is 0.263 e. The molecule has 0 bridgehead atoms. The van der Waals surface area contributed by atoms with E-state index in [0.29, 0.717) is 12.1 Å². The van der Waals surface area contributed by atoms with E-state index in [4.69, 9.17) is 0 Å². The van der Waals surface area contributed by atoms with Crippen molar-refractivity contribution >= 4 is 28.3 Å². The first-order valence-electron chi connectivity index (χ1n) is 10.7. The predicted molar refractivity (Wildman–Crippen MR) is 119 cm³/mol. The van der Waals surface area contributed by atoms with Crippen LogP contribution in [0.25, 0.3) is 22.3 Å². The third-order valence-corrected chi connectivity index (χ3v) is 7.35. The van der Waals surface area contributed by atoms with Gasteiger partial charge in [0.25, 0.3) is 5.91 Å². The average Bonchev–Trinajstić information content (AvgIpc) is 3.54. The molecule has 0 radical (unpaired) electrons. The van der Waals surface area contributed by atoms with Crippen molar-refractivity contribution in [1.82, 2.24) is 34.5 Å². The van der Waals surface area contributed by atoms with Crippen molar-refractivity contribution in [2.24, 2.45) is 0 Å². The van der Waals surface area contributed by atoms with Crippen LogP contribution in [0, 0.1) is 0 Å². The maximum atomic E-state index is 12.5. The molecule has 2 aliphatic rings. The largest absolute Gasteiger partial charge is 0.346 e. The summed E-state index contributed by atoms with van der Waals surface area (Å²) in [7, 11) is 0. The van der Waals surface area contributed by atoms with Gasteiger partial charge in [-0.3, -0.25) is 14.4 Å². The Labute approximate surface area is 183 Å². The number of thiophene rings is 1. The first-order valence-corrected chi connectivity index (χ1v) is 11.5. The summed E-state index contributed by atoms with van der Waals surface area (Å²) in [6.07, 6.45) is 9.55. The zero-order chi connectivity index (χ0) is 20.8. The molecule has 1 N–H and O–H groups in total. The number of piperidine rings is 1. The van der Waals surface area contributed by atoms with E-state index in [-0.39, 0.29) is 5.91 Å². The van der Waals surface area contributed by atoms with Gasteiger partial charge in [0.2, 0.25) is 0 Å². The topological polar surface area (TPSA) is 82.9 Å². The van der Waals surface area contributed by atoms with Crippen molar-refractivity contribution in [1.29, 1.82) is 0 Å². The molecule has 31 heavy (non-hydrogen) atoms. The van der Waals surface area contributed by atoms with Crippen molar-refractivity contribution < 1.29 is 4.79 Å². The number of nitrogens with zero attached hydrogens (tertiary/aromatic N) is 6. The first kappa shape index (κ1) is 18.7. The van der Waals surface area contributed by atoms with E-state index in [2.05, 4.69) is 35.8 Å². The molecule has 2 saturated heterocycles. The molecule has 158 valence electrons. The highest BCUT2D eigenvalue weighted by Gasteiger charge is 2.36. The highest BCUT2D eigenvalue weighted by atomic mass is 32.1. The fraction of sp³-hybridized carbons (Fsp3) is 0.364. The number of H-pyrrole nitrogens is 1. The predicted octanol–water partition coefficient (Wildman–Crippen LogP) is 3.04. The number of nitrogens with one attached hydrogen (secondary N) is 1. The van der Waals surface area contributed by atoms with Gasteiger partial charge in [-0.25, -0.2) is 9.97 Å². The van der Waals surface area contributed by atoms with Crippen molar-refractivity contribution in [2.45, 2.75) is 24.9 Å². The van der Waals surface area contributed by atoms with Crippen LogP contribution in [0.3, 0.4) is 0 Å². The lowest BCUT2D eigenvalue weighted by atomic mass is 9.97. The quantitative estimate of drug-likeness (QED) is 0.535. The van der Waals surface area contributed by atoms with E-state index >= 15 is 0 Å². The number of fused-ring (bicyclic) bond motifs is 1. The SMILES string of the molecule is O=C(c1cccs1)N1CCC(N2CC(n3cc(-c4ncnc5[nH]ccc45)cn3)C2)CC1. The van der Waals surface area contributed by atoms with Gasteiger partial charge in [0, 0.05) is 55.6 Å². The molecule has 1 amide bonds. The molecule has 0 aliphatic carbocycles. The molecule has 0 unspecified atom stereocenters. The van der Waals surface area contributed by atoms with Crippen LogP contribution in [0.1, 0.15) is 28.6 Å². The first-order chi connectivity index (χ1) is 15.3. The van der Waals surface area contributed by atoms with Crippen molar-refractivity contribution in [3.05, 3.63) is 53.4 Å². The molecule has 4 aromatic heterocycles. The Balaban J connectivity index is 1.06. The average molecular weight is 434 g/mol. The number of aromatic nitrogens is 5. The molecule has 0 atom stereocenters. The summed E-state index contributed by atoms with van der Waals surface area (Å²) in [4.78, 5) is 29.8. The van der Waals surface area contributed by atoms with E-state index in [1.165, 1.54) is 11.3 Å². The van der Waals surface area contributed by atoms with E-state index in [1.54, 1.807) is 6.33 Å². The van der Waals surface area contributed by atoms with E-state index in [9.17, 15) is 4.79 Å². The van der Waals surface area contributed by atoms with Crippen LogP contribution >= 0.6 is 11.3 Å². The van der Waals surface area contributed by atoms with Crippen LogP contribution in [0.15, 0.2) is 48.5 Å². The fourth-order valence-electron chi connectivity index (χ4n) is 4.71. The van der Waals surface area contributed by atoms with E-state index < -0.39 is 0 Å². The van der Waals surface area contributed by atoms with Crippen molar-refractivity contribution in [3.63, 3.8) is 0 Å². The highest BCUT2D eigenvalue weighted by molar-refractivity contribution is 7.12. The Bertz CT molecular complexity index is 1200. The molecule has 9 heteroatoms. The Morgan fingerprint density at radius 3 is 2.81 bits per heavy atom. The summed E-state index contributed by atoms with van der Waals surface area (Å²) in [5.74, 6) is 0.181. The monoisotopic (exact) mass is 433 g/mol. The van der Waals surface area contributed by atoms with Crippen LogP contribution in [0.2, 0.25) is 0 Å². The number of aromatic amines is 1. The van der Waals surface area contributed by atoms with Gasteiger partial charge in [-0.2, -0.15) is 5.10 Å². The summed E-state index contributed by atoms with van der Waals surface area (Å²) in [5.41, 5.74) is 2.78. The number of hydrogen-bond donors (Lipinski definition) is 1. The lowest BCUT2D eigenvalue weighted by Gasteiger charge is -2.47. The van der Waals surface area contributed by atoms with Gasteiger partial charge in [0.05, 0.1) is 22.8 Å². The van der Waals surface area contributed by atoms with Gasteiger partial charge in [-0.05, 0) is 30.4 Å². The number of carbonyl (C=O) groups is 1. The van der Waals surface area contributed by atoms with Crippen molar-refractivity contribution in [2.75, 3.05) is 26.2 Å². The third-order valence-electron chi connectivity index (χ3n) is 6.49. The zero-order valence-corrected chi connectivity index (χ0v) is 17.8. The van der Waals surface area contributed by atoms with Crippen molar-refractivity contribution in [3.8, 4) is 11.3 Å². The minimum absolute atomic E-state index is 0.181. The molecular weight excluding hydrogens is 410 g/mol. The van der Waals surface area contributed by atoms with Crippen LogP contribution in [0.4, 0.5) is 0 Å². The van der Waals surface area contributed by atoms with Gasteiger partial charge in [-0.15, -0.1) is 11.3 Å². The van der Waals surface area contributed by atoms with Gasteiger partial charge < -0.3 is 9.88 Å². The normalized spacial score (nSPS) is 18.5. The molecule has 2 aliphatic heterocycles. The molecule has 2 fully saturated rings. The van der Waals surface area contributed by atoms with Gasteiger partial charge in [0.1, 0.15) is 12.0 Å².